The molecule has 1 unspecified atom stereocenters. The predicted octanol–water partition coefficient (Wildman–Crippen LogP) is 1.36. The molecule has 3 nitrogen and oxygen atoms in total. The normalized spacial score (nSPS) is 22.8. The second-order valence-corrected chi connectivity index (χ2v) is 4.96. The Morgan fingerprint density at radius 2 is 2.27 bits per heavy atom. The monoisotopic (exact) mass is 215 g/mol. The minimum atomic E-state index is 0.348. The van der Waals surface area contributed by atoms with E-state index in [1.54, 1.807) is 0 Å². The first kappa shape index (κ1) is 12.9. The zero-order valence-electron chi connectivity index (χ0n) is 10.1. The molecule has 1 aliphatic rings. The predicted molar refractivity (Wildman–Crippen MR) is 61.9 cm³/mol. The van der Waals surface area contributed by atoms with Crippen LogP contribution in [0.25, 0.3) is 0 Å². The molecule has 0 aromatic rings. The smallest absolute Gasteiger partial charge is 0.0489 e. The highest BCUT2D eigenvalue weighted by Gasteiger charge is 2.20. The highest BCUT2D eigenvalue weighted by Crippen LogP contribution is 2.15. The van der Waals surface area contributed by atoms with Crippen LogP contribution in [0.1, 0.15) is 26.7 Å². The lowest BCUT2D eigenvalue weighted by molar-refractivity contribution is 0.101. The van der Waals surface area contributed by atoms with E-state index in [1.165, 1.54) is 0 Å². The molecule has 0 amide bonds. The number of aliphatic hydroxyl groups excluding tert-OH is 1. The minimum absolute atomic E-state index is 0.348. The van der Waals surface area contributed by atoms with Crippen molar-refractivity contribution >= 4 is 0 Å². The van der Waals surface area contributed by atoms with Gasteiger partial charge in [0.2, 0.25) is 0 Å². The third-order valence-corrected chi connectivity index (χ3v) is 2.84. The van der Waals surface area contributed by atoms with Crippen molar-refractivity contribution in [1.29, 1.82) is 0 Å². The second-order valence-electron chi connectivity index (χ2n) is 4.96. The molecule has 0 bridgehead atoms. The summed E-state index contributed by atoms with van der Waals surface area (Å²) in [4.78, 5) is 2.43. The Kier molecular flexibility index (Phi) is 6.22. The van der Waals surface area contributed by atoms with Crippen molar-refractivity contribution in [2.45, 2.75) is 26.7 Å². The van der Waals surface area contributed by atoms with E-state index in [4.69, 9.17) is 9.84 Å². The van der Waals surface area contributed by atoms with Crippen LogP contribution < -0.4 is 0 Å². The lowest BCUT2D eigenvalue weighted by atomic mass is 10.1. The molecule has 3 heteroatoms. The molecule has 0 saturated carbocycles. The molecule has 1 fully saturated rings. The highest BCUT2D eigenvalue weighted by molar-refractivity contribution is 4.74. The highest BCUT2D eigenvalue weighted by atomic mass is 16.5. The van der Waals surface area contributed by atoms with Gasteiger partial charge in [0, 0.05) is 32.9 Å². The van der Waals surface area contributed by atoms with Crippen LogP contribution in [0.15, 0.2) is 0 Å². The Morgan fingerprint density at radius 3 is 2.87 bits per heavy atom. The summed E-state index contributed by atoms with van der Waals surface area (Å²) in [6.07, 6.45) is 2.27. The fourth-order valence-electron chi connectivity index (χ4n) is 1.97. The lowest BCUT2D eigenvalue weighted by Gasteiger charge is -2.15. The standard InChI is InChI=1S/C12H25NO2/c1-11(2)10-15-7-3-5-13-6-4-12(8-13)9-14/h11-12,14H,3-10H2,1-2H3. The molecule has 90 valence electrons. The van der Waals surface area contributed by atoms with Gasteiger partial charge >= 0.3 is 0 Å². The van der Waals surface area contributed by atoms with Crippen molar-refractivity contribution in [1.82, 2.24) is 4.90 Å². The summed E-state index contributed by atoms with van der Waals surface area (Å²) in [5.41, 5.74) is 0. The van der Waals surface area contributed by atoms with Crippen LogP contribution >= 0.6 is 0 Å². The van der Waals surface area contributed by atoms with E-state index in [0.29, 0.717) is 18.4 Å². The fraction of sp³-hybridized carbons (Fsp3) is 1.00. The van der Waals surface area contributed by atoms with E-state index in [9.17, 15) is 0 Å². The summed E-state index contributed by atoms with van der Waals surface area (Å²) in [5.74, 6) is 1.15. The van der Waals surface area contributed by atoms with Crippen molar-refractivity contribution in [3.63, 3.8) is 0 Å². The molecular weight excluding hydrogens is 190 g/mol. The van der Waals surface area contributed by atoms with Gasteiger partial charge < -0.3 is 14.7 Å². The molecule has 1 atom stereocenters. The topological polar surface area (TPSA) is 32.7 Å². The van der Waals surface area contributed by atoms with Crippen LogP contribution in [0.5, 0.6) is 0 Å². The molecule has 1 heterocycles. The zero-order valence-corrected chi connectivity index (χ0v) is 10.1. The summed E-state index contributed by atoms with van der Waals surface area (Å²) in [6, 6.07) is 0. The zero-order chi connectivity index (χ0) is 11.1. The molecule has 0 radical (unpaired) electrons. The van der Waals surface area contributed by atoms with Crippen LogP contribution in [-0.4, -0.2) is 49.5 Å². The SMILES string of the molecule is CC(C)COCCCN1CCC(CO)C1. The van der Waals surface area contributed by atoms with Crippen LogP contribution in [0.4, 0.5) is 0 Å². The van der Waals surface area contributed by atoms with Crippen molar-refractivity contribution in [3.05, 3.63) is 0 Å². The van der Waals surface area contributed by atoms with E-state index in [-0.39, 0.29) is 0 Å². The van der Waals surface area contributed by atoms with Gasteiger partial charge in [0.25, 0.3) is 0 Å². The van der Waals surface area contributed by atoms with Crippen molar-refractivity contribution in [2.75, 3.05) is 39.5 Å². The maximum absolute atomic E-state index is 9.00. The summed E-state index contributed by atoms with van der Waals surface area (Å²) in [6.45, 7) is 9.78. The average Bonchev–Trinajstić information content (AvgIpc) is 2.65. The van der Waals surface area contributed by atoms with Gasteiger partial charge in [-0.05, 0) is 31.2 Å². The number of aliphatic hydroxyl groups is 1. The van der Waals surface area contributed by atoms with Gasteiger partial charge in [-0.1, -0.05) is 13.8 Å². The average molecular weight is 215 g/mol. The van der Waals surface area contributed by atoms with Gasteiger partial charge in [-0.2, -0.15) is 0 Å². The molecule has 0 aromatic carbocycles. The summed E-state index contributed by atoms with van der Waals surface area (Å²) in [7, 11) is 0. The Balaban J connectivity index is 1.92. The van der Waals surface area contributed by atoms with Crippen molar-refractivity contribution in [2.24, 2.45) is 11.8 Å². The number of likely N-dealkylation sites (tertiary alicyclic amines) is 1. The first-order valence-electron chi connectivity index (χ1n) is 6.13. The van der Waals surface area contributed by atoms with E-state index >= 15 is 0 Å². The van der Waals surface area contributed by atoms with Gasteiger partial charge in [0.05, 0.1) is 0 Å². The van der Waals surface area contributed by atoms with Gasteiger partial charge in [-0.3, -0.25) is 0 Å². The maximum atomic E-state index is 9.00. The molecule has 1 aliphatic heterocycles. The van der Waals surface area contributed by atoms with Crippen LogP contribution in [0.3, 0.4) is 0 Å². The van der Waals surface area contributed by atoms with E-state index in [1.807, 2.05) is 0 Å². The largest absolute Gasteiger partial charge is 0.396 e. The van der Waals surface area contributed by atoms with Gasteiger partial charge in [0.15, 0.2) is 0 Å². The fourth-order valence-corrected chi connectivity index (χ4v) is 1.97. The Bertz CT molecular complexity index is 162. The molecule has 0 aromatic heterocycles. The second kappa shape index (κ2) is 7.20. The Hall–Kier alpha value is -0.120. The number of hydrogen-bond acceptors (Lipinski definition) is 3. The number of nitrogens with zero attached hydrogens (tertiary/aromatic N) is 1. The first-order valence-corrected chi connectivity index (χ1v) is 6.13. The van der Waals surface area contributed by atoms with Crippen LogP contribution in [0.2, 0.25) is 0 Å². The number of ether oxygens (including phenoxy) is 1. The van der Waals surface area contributed by atoms with Gasteiger partial charge in [-0.25, -0.2) is 0 Å². The van der Waals surface area contributed by atoms with E-state index in [2.05, 4.69) is 18.7 Å². The lowest BCUT2D eigenvalue weighted by Crippen LogP contribution is -2.23. The number of rotatable bonds is 7. The van der Waals surface area contributed by atoms with E-state index < -0.39 is 0 Å². The quantitative estimate of drug-likeness (QED) is 0.651. The molecular formula is C12H25NO2. The van der Waals surface area contributed by atoms with Crippen LogP contribution in [-0.2, 0) is 4.74 Å². The number of hydrogen-bond donors (Lipinski definition) is 1. The molecule has 1 saturated heterocycles. The molecule has 0 spiro atoms. The molecule has 1 N–H and O–H groups in total. The summed E-state index contributed by atoms with van der Waals surface area (Å²) >= 11 is 0. The maximum Gasteiger partial charge on any atom is 0.0489 e. The minimum Gasteiger partial charge on any atom is -0.396 e. The molecule has 0 aliphatic carbocycles. The van der Waals surface area contributed by atoms with Crippen molar-refractivity contribution in [3.8, 4) is 0 Å². The van der Waals surface area contributed by atoms with Crippen LogP contribution in [0, 0.1) is 11.8 Å². The molecule has 15 heavy (non-hydrogen) atoms. The third-order valence-electron chi connectivity index (χ3n) is 2.84. The van der Waals surface area contributed by atoms with Crippen molar-refractivity contribution < 1.29 is 9.84 Å². The van der Waals surface area contributed by atoms with E-state index in [0.717, 1.165) is 45.7 Å². The summed E-state index contributed by atoms with van der Waals surface area (Å²) in [5, 5.41) is 9.00. The van der Waals surface area contributed by atoms with Gasteiger partial charge in [-0.15, -0.1) is 0 Å². The molecule has 1 rings (SSSR count). The first-order chi connectivity index (χ1) is 7.22. The Morgan fingerprint density at radius 1 is 1.47 bits per heavy atom. The third kappa shape index (κ3) is 5.50. The summed E-state index contributed by atoms with van der Waals surface area (Å²) < 4.78 is 5.53. The Labute approximate surface area is 93.4 Å². The van der Waals surface area contributed by atoms with Gasteiger partial charge in [0.1, 0.15) is 0 Å².